The van der Waals surface area contributed by atoms with Crippen LogP contribution in [0.25, 0.3) is 0 Å². The minimum atomic E-state index is 0.670. The number of hydrogen-bond acceptors (Lipinski definition) is 3. The minimum absolute atomic E-state index is 0.670. The Morgan fingerprint density at radius 3 is 2.38 bits per heavy atom. The monoisotopic (exact) mass is 223 g/mol. The number of anilines is 1. The van der Waals surface area contributed by atoms with Crippen molar-refractivity contribution < 1.29 is 9.47 Å². The summed E-state index contributed by atoms with van der Waals surface area (Å²) in [5, 5.41) is 3.30. The van der Waals surface area contributed by atoms with Gasteiger partial charge >= 0.3 is 0 Å². The molecule has 1 aromatic carbocycles. The van der Waals surface area contributed by atoms with Gasteiger partial charge in [0.1, 0.15) is 0 Å². The molecule has 1 rings (SSSR count). The molecule has 0 aliphatic heterocycles. The van der Waals surface area contributed by atoms with Gasteiger partial charge in [0.2, 0.25) is 0 Å². The van der Waals surface area contributed by atoms with Crippen LogP contribution in [0.2, 0.25) is 0 Å². The fraction of sp³-hybridized carbons (Fsp3) is 0.538. The van der Waals surface area contributed by atoms with Gasteiger partial charge in [0.25, 0.3) is 0 Å². The Labute approximate surface area is 97.8 Å². The fourth-order valence-electron chi connectivity index (χ4n) is 1.30. The summed E-state index contributed by atoms with van der Waals surface area (Å²) in [6, 6.07) is 8.35. The molecule has 0 saturated heterocycles. The lowest BCUT2D eigenvalue weighted by Crippen LogP contribution is -2.12. The van der Waals surface area contributed by atoms with Crippen LogP contribution >= 0.6 is 0 Å². The second kappa shape index (κ2) is 8.13. The maximum absolute atomic E-state index is 5.39. The summed E-state index contributed by atoms with van der Waals surface area (Å²) in [7, 11) is 0. The van der Waals surface area contributed by atoms with Crippen LogP contribution in [0.3, 0.4) is 0 Å². The third kappa shape index (κ3) is 5.73. The van der Waals surface area contributed by atoms with Crippen molar-refractivity contribution in [2.24, 2.45) is 0 Å². The van der Waals surface area contributed by atoms with Gasteiger partial charge in [-0.1, -0.05) is 17.7 Å². The van der Waals surface area contributed by atoms with Crippen LogP contribution in [-0.2, 0) is 9.47 Å². The van der Waals surface area contributed by atoms with Gasteiger partial charge in [0, 0.05) is 18.8 Å². The number of rotatable bonds is 8. The Hall–Kier alpha value is -1.06. The highest BCUT2D eigenvalue weighted by molar-refractivity contribution is 5.44. The number of hydrogen-bond donors (Lipinski definition) is 1. The Balaban J connectivity index is 2.01. The van der Waals surface area contributed by atoms with Crippen molar-refractivity contribution in [3.05, 3.63) is 29.8 Å². The fourth-order valence-corrected chi connectivity index (χ4v) is 1.30. The zero-order valence-corrected chi connectivity index (χ0v) is 10.2. The largest absolute Gasteiger partial charge is 0.383 e. The topological polar surface area (TPSA) is 30.5 Å². The zero-order valence-electron chi connectivity index (χ0n) is 10.2. The maximum Gasteiger partial charge on any atom is 0.0701 e. The molecule has 0 amide bonds. The Kier molecular flexibility index (Phi) is 6.61. The normalized spacial score (nSPS) is 10.4. The number of aryl methyl sites for hydroxylation is 1. The molecule has 0 aliphatic carbocycles. The van der Waals surface area contributed by atoms with E-state index < -0.39 is 0 Å². The molecule has 3 nitrogen and oxygen atoms in total. The molecule has 0 atom stereocenters. The average Bonchev–Trinajstić information content (AvgIpc) is 2.30. The molecule has 3 heteroatoms. The zero-order chi connectivity index (χ0) is 11.6. The first-order chi connectivity index (χ1) is 7.83. The van der Waals surface area contributed by atoms with Crippen molar-refractivity contribution in [2.75, 3.05) is 38.3 Å². The van der Waals surface area contributed by atoms with E-state index in [2.05, 4.69) is 36.5 Å². The first kappa shape index (κ1) is 13.0. The second-order valence-corrected chi connectivity index (χ2v) is 3.60. The molecule has 0 aliphatic rings. The molecule has 0 saturated carbocycles. The van der Waals surface area contributed by atoms with E-state index in [-0.39, 0.29) is 0 Å². The molecule has 1 N–H and O–H groups in total. The molecule has 0 aromatic heterocycles. The molecule has 0 fully saturated rings. The summed E-state index contributed by atoms with van der Waals surface area (Å²) in [5.41, 5.74) is 2.41. The third-order valence-electron chi connectivity index (χ3n) is 2.20. The predicted octanol–water partition coefficient (Wildman–Crippen LogP) is 2.46. The lowest BCUT2D eigenvalue weighted by Gasteiger charge is -2.07. The van der Waals surface area contributed by atoms with E-state index in [9.17, 15) is 0 Å². The summed E-state index contributed by atoms with van der Waals surface area (Å²) in [6.07, 6.45) is 0. The number of benzene rings is 1. The van der Waals surface area contributed by atoms with Crippen LogP contribution in [-0.4, -0.2) is 33.0 Å². The third-order valence-corrected chi connectivity index (χ3v) is 2.20. The van der Waals surface area contributed by atoms with E-state index >= 15 is 0 Å². The van der Waals surface area contributed by atoms with Crippen LogP contribution in [0.15, 0.2) is 24.3 Å². The van der Waals surface area contributed by atoms with Gasteiger partial charge in [-0.2, -0.15) is 0 Å². The lowest BCUT2D eigenvalue weighted by molar-refractivity contribution is 0.0570. The summed E-state index contributed by atoms with van der Waals surface area (Å²) in [5.74, 6) is 0. The van der Waals surface area contributed by atoms with Gasteiger partial charge < -0.3 is 14.8 Å². The quantitative estimate of drug-likeness (QED) is 0.687. The van der Waals surface area contributed by atoms with Gasteiger partial charge in [0.05, 0.1) is 19.8 Å². The Morgan fingerprint density at radius 2 is 1.69 bits per heavy atom. The van der Waals surface area contributed by atoms with E-state index in [0.717, 1.165) is 18.8 Å². The molecular weight excluding hydrogens is 202 g/mol. The van der Waals surface area contributed by atoms with E-state index in [1.807, 2.05) is 6.92 Å². The van der Waals surface area contributed by atoms with Crippen LogP contribution < -0.4 is 5.32 Å². The second-order valence-electron chi connectivity index (χ2n) is 3.60. The van der Waals surface area contributed by atoms with Crippen molar-refractivity contribution in [1.29, 1.82) is 0 Å². The standard InChI is InChI=1S/C13H21NO2/c1-3-15-10-11-16-9-8-14-13-6-4-12(2)5-7-13/h4-7,14H,3,8-11H2,1-2H3. The highest BCUT2D eigenvalue weighted by Gasteiger charge is 1.91. The van der Waals surface area contributed by atoms with Gasteiger partial charge in [-0.3, -0.25) is 0 Å². The van der Waals surface area contributed by atoms with E-state index in [1.54, 1.807) is 0 Å². The SMILES string of the molecule is CCOCCOCCNc1ccc(C)cc1. The molecule has 90 valence electrons. The predicted molar refractivity (Wildman–Crippen MR) is 67.0 cm³/mol. The first-order valence-corrected chi connectivity index (χ1v) is 5.79. The highest BCUT2D eigenvalue weighted by atomic mass is 16.5. The maximum atomic E-state index is 5.39. The van der Waals surface area contributed by atoms with Crippen molar-refractivity contribution in [1.82, 2.24) is 0 Å². The number of ether oxygens (including phenoxy) is 2. The highest BCUT2D eigenvalue weighted by Crippen LogP contribution is 2.07. The summed E-state index contributed by atoms with van der Waals surface area (Å²) < 4.78 is 10.6. The Morgan fingerprint density at radius 1 is 1.00 bits per heavy atom. The van der Waals surface area contributed by atoms with E-state index in [4.69, 9.17) is 9.47 Å². The molecular formula is C13H21NO2. The lowest BCUT2D eigenvalue weighted by atomic mass is 10.2. The minimum Gasteiger partial charge on any atom is -0.383 e. The molecule has 0 heterocycles. The molecule has 0 spiro atoms. The van der Waals surface area contributed by atoms with Gasteiger partial charge in [-0.05, 0) is 26.0 Å². The molecule has 0 radical (unpaired) electrons. The summed E-state index contributed by atoms with van der Waals surface area (Å²) in [6.45, 7) is 7.71. The van der Waals surface area contributed by atoms with Crippen molar-refractivity contribution >= 4 is 5.69 Å². The molecule has 16 heavy (non-hydrogen) atoms. The van der Waals surface area contributed by atoms with Crippen molar-refractivity contribution in [2.45, 2.75) is 13.8 Å². The van der Waals surface area contributed by atoms with Crippen LogP contribution in [0.5, 0.6) is 0 Å². The van der Waals surface area contributed by atoms with Gasteiger partial charge in [0.15, 0.2) is 0 Å². The number of nitrogens with one attached hydrogen (secondary N) is 1. The van der Waals surface area contributed by atoms with E-state index in [1.165, 1.54) is 5.56 Å². The first-order valence-electron chi connectivity index (χ1n) is 5.79. The molecule has 0 bridgehead atoms. The average molecular weight is 223 g/mol. The molecule has 1 aromatic rings. The van der Waals surface area contributed by atoms with Crippen LogP contribution in [0.1, 0.15) is 12.5 Å². The van der Waals surface area contributed by atoms with Crippen LogP contribution in [0, 0.1) is 6.92 Å². The Bertz CT molecular complexity index is 272. The van der Waals surface area contributed by atoms with Gasteiger partial charge in [-0.15, -0.1) is 0 Å². The van der Waals surface area contributed by atoms with Crippen molar-refractivity contribution in [3.63, 3.8) is 0 Å². The molecule has 0 unspecified atom stereocenters. The smallest absolute Gasteiger partial charge is 0.0701 e. The van der Waals surface area contributed by atoms with E-state index in [0.29, 0.717) is 19.8 Å². The van der Waals surface area contributed by atoms with Crippen LogP contribution in [0.4, 0.5) is 5.69 Å². The van der Waals surface area contributed by atoms with Crippen molar-refractivity contribution in [3.8, 4) is 0 Å². The summed E-state index contributed by atoms with van der Waals surface area (Å²) >= 11 is 0. The van der Waals surface area contributed by atoms with Gasteiger partial charge in [-0.25, -0.2) is 0 Å². The summed E-state index contributed by atoms with van der Waals surface area (Å²) in [4.78, 5) is 0.